The number of likely N-dealkylation sites (tertiary alicyclic amines) is 1. The van der Waals surface area contributed by atoms with Gasteiger partial charge in [0.05, 0.1) is 25.0 Å². The van der Waals surface area contributed by atoms with Crippen LogP contribution in [0.25, 0.3) is 0 Å². The second kappa shape index (κ2) is 10.2. The maximum absolute atomic E-state index is 12.9. The van der Waals surface area contributed by atoms with Crippen molar-refractivity contribution in [1.82, 2.24) is 15.4 Å². The molecule has 1 spiro atoms. The molecule has 0 aliphatic carbocycles. The minimum absolute atomic E-state index is 0.0316. The maximum atomic E-state index is 12.9. The molecule has 3 heterocycles. The molecule has 172 valence electrons. The number of carbonyl (C=O) groups excluding carboxylic acids is 2. The number of rotatable bonds is 1. The summed E-state index contributed by atoms with van der Waals surface area (Å²) >= 11 is 0. The number of benzene rings is 1. The van der Waals surface area contributed by atoms with Crippen molar-refractivity contribution in [3.05, 3.63) is 47.3 Å². The summed E-state index contributed by atoms with van der Waals surface area (Å²) in [4.78, 5) is 27.3. The fourth-order valence-corrected chi connectivity index (χ4v) is 4.47. The number of amides is 2. The van der Waals surface area contributed by atoms with Gasteiger partial charge in [-0.3, -0.25) is 9.59 Å². The highest BCUT2D eigenvalue weighted by molar-refractivity contribution is 5.97. The van der Waals surface area contributed by atoms with Crippen LogP contribution >= 0.6 is 0 Å². The monoisotopic (exact) mass is 441 g/mol. The summed E-state index contributed by atoms with van der Waals surface area (Å²) in [5.41, 5.74) is 1.02. The van der Waals surface area contributed by atoms with Gasteiger partial charge in [0.25, 0.3) is 11.8 Å². The topological polar surface area (TPSA) is 93.9 Å². The average molecular weight is 442 g/mol. The number of carbonyl (C=O) groups is 2. The van der Waals surface area contributed by atoms with Gasteiger partial charge in [-0.05, 0) is 44.7 Å². The second-order valence-electron chi connectivity index (χ2n) is 8.70. The van der Waals surface area contributed by atoms with Crippen LogP contribution in [0.1, 0.15) is 58.6 Å². The molecule has 2 aliphatic rings. The second-order valence-corrected chi connectivity index (χ2v) is 8.70. The van der Waals surface area contributed by atoms with Crippen molar-refractivity contribution in [1.29, 1.82) is 0 Å². The van der Waals surface area contributed by atoms with Crippen LogP contribution in [0.3, 0.4) is 0 Å². The van der Waals surface area contributed by atoms with Crippen LogP contribution in [0, 0.1) is 12.3 Å². The van der Waals surface area contributed by atoms with Crippen molar-refractivity contribution in [3.8, 4) is 5.75 Å². The molecule has 0 unspecified atom stereocenters. The smallest absolute Gasteiger partial charge is 0.259 e. The fourth-order valence-electron chi connectivity index (χ4n) is 4.47. The standard InChI is InChI=1S/C24H31N3O5/c1-18-20(16-26-32-18)23(29)27-12-9-24(10-13-27)8-4-5-14-30-15-11-25-22(28)19-6-2-3-7-21(19)31-17-24/h2-3,6-7,16H,4-5,8-15,17H2,1H3,(H,25,28). The normalized spacial score (nSPS) is 20.0. The minimum Gasteiger partial charge on any atom is -0.492 e. The zero-order valence-electron chi connectivity index (χ0n) is 18.6. The number of nitrogens with one attached hydrogen (secondary N) is 1. The maximum Gasteiger partial charge on any atom is 0.259 e. The Bertz CT molecular complexity index is 933. The zero-order valence-corrected chi connectivity index (χ0v) is 18.6. The SMILES string of the molecule is Cc1oncc1C(=O)N1CCC2(CCCCOCCNC(=O)c3ccccc3OC2)CC1. The molecule has 1 saturated heterocycles. The first-order valence-corrected chi connectivity index (χ1v) is 11.4. The van der Waals surface area contributed by atoms with Crippen molar-refractivity contribution in [2.45, 2.75) is 39.0 Å². The summed E-state index contributed by atoms with van der Waals surface area (Å²) in [5, 5.41) is 6.63. The predicted octanol–water partition coefficient (Wildman–Crippen LogP) is 3.21. The van der Waals surface area contributed by atoms with Crippen LogP contribution in [-0.4, -0.2) is 61.3 Å². The molecular weight excluding hydrogens is 410 g/mol. The Morgan fingerprint density at radius 1 is 1.12 bits per heavy atom. The van der Waals surface area contributed by atoms with E-state index in [1.807, 2.05) is 23.1 Å². The Morgan fingerprint density at radius 3 is 2.72 bits per heavy atom. The van der Waals surface area contributed by atoms with Gasteiger partial charge < -0.3 is 24.2 Å². The Labute approximate surface area is 188 Å². The largest absolute Gasteiger partial charge is 0.492 e. The highest BCUT2D eigenvalue weighted by atomic mass is 16.5. The van der Waals surface area contributed by atoms with Gasteiger partial charge in [-0.25, -0.2) is 0 Å². The number of hydrogen-bond donors (Lipinski definition) is 1. The van der Waals surface area contributed by atoms with E-state index in [2.05, 4.69) is 10.5 Å². The highest BCUT2D eigenvalue weighted by Gasteiger charge is 2.37. The minimum atomic E-state index is -0.153. The lowest BCUT2D eigenvalue weighted by Gasteiger charge is -2.42. The van der Waals surface area contributed by atoms with Crippen molar-refractivity contribution in [2.75, 3.05) is 39.5 Å². The molecule has 0 atom stereocenters. The number of nitrogens with zero attached hydrogens (tertiary/aromatic N) is 2. The lowest BCUT2D eigenvalue weighted by molar-refractivity contribution is 0.0340. The Kier molecular flexibility index (Phi) is 7.09. The van der Waals surface area contributed by atoms with Gasteiger partial charge in [0.1, 0.15) is 17.1 Å². The number of para-hydroxylation sites is 1. The Morgan fingerprint density at radius 2 is 1.94 bits per heavy atom. The molecule has 1 fully saturated rings. The van der Waals surface area contributed by atoms with Gasteiger partial charge in [0, 0.05) is 31.7 Å². The first-order valence-electron chi connectivity index (χ1n) is 11.4. The molecule has 8 heteroatoms. The molecule has 4 rings (SSSR count). The van der Waals surface area contributed by atoms with Crippen LogP contribution < -0.4 is 10.1 Å². The van der Waals surface area contributed by atoms with Gasteiger partial charge >= 0.3 is 0 Å². The van der Waals surface area contributed by atoms with Crippen molar-refractivity contribution < 1.29 is 23.6 Å². The fraction of sp³-hybridized carbons (Fsp3) is 0.542. The van der Waals surface area contributed by atoms with Crippen molar-refractivity contribution in [2.24, 2.45) is 5.41 Å². The molecule has 1 N–H and O–H groups in total. The molecule has 0 bridgehead atoms. The van der Waals surface area contributed by atoms with E-state index in [1.54, 1.807) is 13.0 Å². The van der Waals surface area contributed by atoms with Gasteiger partial charge in [0.15, 0.2) is 0 Å². The molecule has 2 aliphatic heterocycles. The van der Waals surface area contributed by atoms with Crippen LogP contribution in [-0.2, 0) is 4.74 Å². The molecule has 2 aromatic rings. The van der Waals surface area contributed by atoms with E-state index in [0.29, 0.717) is 62.1 Å². The lowest BCUT2D eigenvalue weighted by Crippen LogP contribution is -2.45. The summed E-state index contributed by atoms with van der Waals surface area (Å²) in [5.74, 6) is 0.961. The summed E-state index contributed by atoms with van der Waals surface area (Å²) in [7, 11) is 0. The molecule has 1 aromatic heterocycles. The molecule has 2 amide bonds. The van der Waals surface area contributed by atoms with E-state index in [0.717, 1.165) is 32.1 Å². The molecule has 0 saturated carbocycles. The number of aromatic nitrogens is 1. The third-order valence-corrected chi connectivity index (χ3v) is 6.54. The van der Waals surface area contributed by atoms with E-state index in [1.165, 1.54) is 6.20 Å². The van der Waals surface area contributed by atoms with Crippen molar-refractivity contribution >= 4 is 11.8 Å². The van der Waals surface area contributed by atoms with E-state index >= 15 is 0 Å². The molecular formula is C24H31N3O5. The third-order valence-electron chi connectivity index (χ3n) is 6.54. The van der Waals surface area contributed by atoms with E-state index in [-0.39, 0.29) is 17.2 Å². The third kappa shape index (κ3) is 5.12. The summed E-state index contributed by atoms with van der Waals surface area (Å²) in [6.45, 7) is 5.25. The number of ether oxygens (including phenoxy) is 2. The van der Waals surface area contributed by atoms with E-state index < -0.39 is 0 Å². The van der Waals surface area contributed by atoms with E-state index in [9.17, 15) is 9.59 Å². The molecule has 32 heavy (non-hydrogen) atoms. The van der Waals surface area contributed by atoms with Crippen molar-refractivity contribution in [3.63, 3.8) is 0 Å². The molecule has 0 radical (unpaired) electrons. The zero-order chi connectivity index (χ0) is 22.4. The first kappa shape index (κ1) is 22.3. The highest BCUT2D eigenvalue weighted by Crippen LogP contribution is 2.38. The summed E-state index contributed by atoms with van der Waals surface area (Å²) in [6.07, 6.45) is 6.19. The Balaban J connectivity index is 1.48. The van der Waals surface area contributed by atoms with Crippen LogP contribution in [0.5, 0.6) is 5.75 Å². The number of aryl methyl sites for hydroxylation is 1. The van der Waals surface area contributed by atoms with Crippen LogP contribution in [0.2, 0.25) is 0 Å². The Hall–Kier alpha value is -2.87. The predicted molar refractivity (Wildman–Crippen MR) is 118 cm³/mol. The lowest BCUT2D eigenvalue weighted by atomic mass is 9.75. The quantitative estimate of drug-likeness (QED) is 0.730. The summed E-state index contributed by atoms with van der Waals surface area (Å²) in [6, 6.07) is 7.35. The van der Waals surface area contributed by atoms with Crippen LogP contribution in [0.4, 0.5) is 0 Å². The van der Waals surface area contributed by atoms with Gasteiger partial charge in [0.2, 0.25) is 0 Å². The van der Waals surface area contributed by atoms with Gasteiger partial charge in [-0.15, -0.1) is 0 Å². The molecule has 8 nitrogen and oxygen atoms in total. The number of hydrogen-bond acceptors (Lipinski definition) is 6. The van der Waals surface area contributed by atoms with Gasteiger partial charge in [-0.2, -0.15) is 0 Å². The summed E-state index contributed by atoms with van der Waals surface area (Å²) < 4.78 is 17.0. The molecule has 1 aromatic carbocycles. The van der Waals surface area contributed by atoms with E-state index in [4.69, 9.17) is 14.0 Å². The average Bonchev–Trinajstić information content (AvgIpc) is 3.25. The number of piperidine rings is 1. The number of fused-ring (bicyclic) bond motifs is 1. The van der Waals surface area contributed by atoms with Crippen LogP contribution in [0.15, 0.2) is 35.0 Å². The van der Waals surface area contributed by atoms with Gasteiger partial charge in [-0.1, -0.05) is 23.7 Å². The first-order chi connectivity index (χ1) is 15.6.